The molecule has 140 valence electrons. The molecule has 1 aromatic heterocycles. The lowest BCUT2D eigenvalue weighted by Gasteiger charge is -2.15. The number of pyridine rings is 1. The van der Waals surface area contributed by atoms with E-state index in [0.717, 1.165) is 28.8 Å². The lowest BCUT2D eigenvalue weighted by molar-refractivity contribution is 0.102. The van der Waals surface area contributed by atoms with Crippen molar-refractivity contribution in [3.63, 3.8) is 0 Å². The van der Waals surface area contributed by atoms with E-state index in [1.807, 2.05) is 55.7 Å². The van der Waals surface area contributed by atoms with Crippen LogP contribution in [-0.4, -0.2) is 17.6 Å². The zero-order chi connectivity index (χ0) is 19.6. The van der Waals surface area contributed by atoms with Gasteiger partial charge in [-0.2, -0.15) is 0 Å². The summed E-state index contributed by atoms with van der Waals surface area (Å²) in [5.74, 6) is 0.197. The standard InChI is InChI=1S/C22H24N2O3/c1-5-15-9-7-8-14(3)20(15)23-22(26)18-13-24(6-2)19-11-10-16(27-4)12-17(19)21(18)25/h7-13H,5-6H2,1-4H3,(H,23,26). The van der Waals surface area contributed by atoms with Crippen molar-refractivity contribution < 1.29 is 9.53 Å². The molecule has 2 aromatic carbocycles. The van der Waals surface area contributed by atoms with Gasteiger partial charge in [0.1, 0.15) is 11.3 Å². The highest BCUT2D eigenvalue weighted by Gasteiger charge is 2.17. The molecule has 5 heteroatoms. The second-order valence-electron chi connectivity index (χ2n) is 6.46. The number of hydrogen-bond donors (Lipinski definition) is 1. The Morgan fingerprint density at radius 1 is 1.19 bits per heavy atom. The molecule has 1 heterocycles. The third-order valence-electron chi connectivity index (χ3n) is 4.85. The van der Waals surface area contributed by atoms with Crippen LogP contribution >= 0.6 is 0 Å². The Hall–Kier alpha value is -3.08. The number of carbonyl (C=O) groups excluding carboxylic acids is 1. The zero-order valence-electron chi connectivity index (χ0n) is 16.1. The average molecular weight is 364 g/mol. The SMILES string of the molecule is CCc1cccc(C)c1NC(=O)c1cn(CC)c2ccc(OC)cc2c1=O. The first-order chi connectivity index (χ1) is 13.0. The minimum Gasteiger partial charge on any atom is -0.497 e. The van der Waals surface area contributed by atoms with Crippen molar-refractivity contribution in [1.82, 2.24) is 4.57 Å². The topological polar surface area (TPSA) is 60.3 Å². The molecule has 5 nitrogen and oxygen atoms in total. The van der Waals surface area contributed by atoms with Crippen molar-refractivity contribution in [2.24, 2.45) is 0 Å². The molecule has 0 saturated heterocycles. The van der Waals surface area contributed by atoms with Gasteiger partial charge < -0.3 is 14.6 Å². The monoisotopic (exact) mass is 364 g/mol. The normalized spacial score (nSPS) is 10.8. The number of hydrogen-bond acceptors (Lipinski definition) is 3. The summed E-state index contributed by atoms with van der Waals surface area (Å²) in [6, 6.07) is 11.2. The van der Waals surface area contributed by atoms with E-state index in [2.05, 4.69) is 5.32 Å². The lowest BCUT2D eigenvalue weighted by Crippen LogP contribution is -2.24. The Kier molecular flexibility index (Phi) is 5.31. The number of fused-ring (bicyclic) bond motifs is 1. The van der Waals surface area contributed by atoms with Gasteiger partial charge in [0.25, 0.3) is 5.91 Å². The largest absolute Gasteiger partial charge is 0.497 e. The summed E-state index contributed by atoms with van der Waals surface area (Å²) in [6.07, 6.45) is 2.43. The van der Waals surface area contributed by atoms with Gasteiger partial charge in [0.2, 0.25) is 5.43 Å². The Balaban J connectivity index is 2.13. The van der Waals surface area contributed by atoms with E-state index in [1.165, 1.54) is 0 Å². The van der Waals surface area contributed by atoms with Crippen molar-refractivity contribution in [3.05, 3.63) is 69.5 Å². The number of nitrogens with zero attached hydrogens (tertiary/aromatic N) is 1. The summed E-state index contributed by atoms with van der Waals surface area (Å²) in [4.78, 5) is 26.0. The van der Waals surface area contributed by atoms with Crippen molar-refractivity contribution in [3.8, 4) is 5.75 Å². The number of nitrogens with one attached hydrogen (secondary N) is 1. The van der Waals surface area contributed by atoms with Crippen LogP contribution in [0.5, 0.6) is 5.75 Å². The number of rotatable bonds is 5. The third-order valence-corrected chi connectivity index (χ3v) is 4.85. The van der Waals surface area contributed by atoms with Crippen molar-refractivity contribution in [1.29, 1.82) is 0 Å². The van der Waals surface area contributed by atoms with Gasteiger partial charge in [-0.15, -0.1) is 0 Å². The Morgan fingerprint density at radius 3 is 2.63 bits per heavy atom. The summed E-state index contributed by atoms with van der Waals surface area (Å²) >= 11 is 0. The summed E-state index contributed by atoms with van der Waals surface area (Å²) in [5.41, 5.74) is 3.41. The molecular formula is C22H24N2O3. The maximum atomic E-state index is 13.0. The van der Waals surface area contributed by atoms with Crippen molar-refractivity contribution in [2.75, 3.05) is 12.4 Å². The van der Waals surface area contributed by atoms with E-state index >= 15 is 0 Å². The number of methoxy groups -OCH3 is 1. The van der Waals surface area contributed by atoms with Gasteiger partial charge in [0.05, 0.1) is 18.0 Å². The number of ether oxygens (including phenoxy) is 1. The van der Waals surface area contributed by atoms with Gasteiger partial charge in [0.15, 0.2) is 0 Å². The van der Waals surface area contributed by atoms with Gasteiger partial charge in [-0.3, -0.25) is 9.59 Å². The highest BCUT2D eigenvalue weighted by atomic mass is 16.5. The van der Waals surface area contributed by atoms with Gasteiger partial charge >= 0.3 is 0 Å². The van der Waals surface area contributed by atoms with E-state index in [4.69, 9.17) is 4.74 Å². The Morgan fingerprint density at radius 2 is 1.96 bits per heavy atom. The molecular weight excluding hydrogens is 340 g/mol. The summed E-state index contributed by atoms with van der Waals surface area (Å²) in [7, 11) is 1.56. The molecule has 27 heavy (non-hydrogen) atoms. The van der Waals surface area contributed by atoms with E-state index in [1.54, 1.807) is 19.4 Å². The van der Waals surface area contributed by atoms with Crippen LogP contribution in [0, 0.1) is 6.92 Å². The minimum atomic E-state index is -0.393. The molecule has 0 aliphatic carbocycles. The fraction of sp³-hybridized carbons (Fsp3) is 0.273. The molecule has 0 fully saturated rings. The summed E-state index contributed by atoms with van der Waals surface area (Å²) in [6.45, 7) is 6.61. The Bertz CT molecular complexity index is 1070. The van der Waals surface area contributed by atoms with Crippen molar-refractivity contribution >= 4 is 22.5 Å². The quantitative estimate of drug-likeness (QED) is 0.740. The van der Waals surface area contributed by atoms with Gasteiger partial charge in [-0.05, 0) is 49.6 Å². The third kappa shape index (κ3) is 3.45. The van der Waals surface area contributed by atoms with Crippen LogP contribution in [0.4, 0.5) is 5.69 Å². The molecule has 3 aromatic rings. The van der Waals surface area contributed by atoms with E-state index in [0.29, 0.717) is 17.7 Å². The first kappa shape index (κ1) is 18.7. The Labute approximate surface area is 158 Å². The van der Waals surface area contributed by atoms with E-state index < -0.39 is 5.91 Å². The van der Waals surface area contributed by atoms with Crippen LogP contribution in [0.1, 0.15) is 35.3 Å². The maximum absolute atomic E-state index is 13.0. The molecule has 0 spiro atoms. The molecule has 1 N–H and O–H groups in total. The molecule has 0 radical (unpaired) electrons. The highest BCUT2D eigenvalue weighted by Crippen LogP contribution is 2.23. The number of para-hydroxylation sites is 1. The van der Waals surface area contributed by atoms with Crippen LogP contribution in [0.3, 0.4) is 0 Å². The number of carbonyl (C=O) groups is 1. The van der Waals surface area contributed by atoms with Gasteiger partial charge in [-0.1, -0.05) is 25.1 Å². The number of benzene rings is 2. The van der Waals surface area contributed by atoms with Crippen LogP contribution in [0.25, 0.3) is 10.9 Å². The second-order valence-corrected chi connectivity index (χ2v) is 6.46. The number of anilines is 1. The predicted molar refractivity (Wildman–Crippen MR) is 109 cm³/mol. The smallest absolute Gasteiger partial charge is 0.261 e. The zero-order valence-corrected chi connectivity index (χ0v) is 16.1. The van der Waals surface area contributed by atoms with Crippen molar-refractivity contribution in [2.45, 2.75) is 33.7 Å². The van der Waals surface area contributed by atoms with E-state index in [-0.39, 0.29) is 11.0 Å². The van der Waals surface area contributed by atoms with Crippen LogP contribution < -0.4 is 15.5 Å². The summed E-state index contributed by atoms with van der Waals surface area (Å²) in [5, 5.41) is 3.42. The van der Waals surface area contributed by atoms with Crippen LogP contribution in [0.15, 0.2) is 47.4 Å². The fourth-order valence-corrected chi connectivity index (χ4v) is 3.31. The molecule has 1 amide bonds. The first-order valence-electron chi connectivity index (χ1n) is 9.11. The number of amides is 1. The van der Waals surface area contributed by atoms with Gasteiger partial charge in [0, 0.05) is 18.4 Å². The second kappa shape index (κ2) is 7.66. The molecule has 0 bridgehead atoms. The van der Waals surface area contributed by atoms with E-state index in [9.17, 15) is 9.59 Å². The first-order valence-corrected chi connectivity index (χ1v) is 9.11. The maximum Gasteiger partial charge on any atom is 0.261 e. The number of aromatic nitrogens is 1. The minimum absolute atomic E-state index is 0.128. The predicted octanol–water partition coefficient (Wildman–Crippen LogP) is 4.15. The molecule has 0 unspecified atom stereocenters. The molecule has 0 aliphatic rings. The molecule has 3 rings (SSSR count). The number of aryl methyl sites for hydroxylation is 3. The lowest BCUT2D eigenvalue weighted by atomic mass is 10.0. The fourth-order valence-electron chi connectivity index (χ4n) is 3.31. The van der Waals surface area contributed by atoms with Gasteiger partial charge in [-0.25, -0.2) is 0 Å². The molecule has 0 aliphatic heterocycles. The average Bonchev–Trinajstić information content (AvgIpc) is 2.69. The highest BCUT2D eigenvalue weighted by molar-refractivity contribution is 6.06. The van der Waals surface area contributed by atoms with Crippen LogP contribution in [-0.2, 0) is 13.0 Å². The van der Waals surface area contributed by atoms with Crippen LogP contribution in [0.2, 0.25) is 0 Å². The molecule has 0 atom stereocenters. The summed E-state index contributed by atoms with van der Waals surface area (Å²) < 4.78 is 7.15. The molecule has 0 saturated carbocycles.